The predicted octanol–water partition coefficient (Wildman–Crippen LogP) is 3.25. The Morgan fingerprint density at radius 1 is 1.30 bits per heavy atom. The molecule has 9 heteroatoms. The van der Waals surface area contributed by atoms with E-state index in [0.717, 1.165) is 5.69 Å². The highest BCUT2D eigenvalue weighted by Crippen LogP contribution is 2.13. The topological polar surface area (TPSA) is 91.5 Å². The van der Waals surface area contributed by atoms with Crippen molar-refractivity contribution in [1.29, 1.82) is 0 Å². The Bertz CT molecular complexity index is 764. The second kappa shape index (κ2) is 11.5. The maximum atomic E-state index is 13.1. The predicted molar refractivity (Wildman–Crippen MR) is 114 cm³/mol. The van der Waals surface area contributed by atoms with Crippen LogP contribution in [0.4, 0.5) is 10.1 Å². The summed E-state index contributed by atoms with van der Waals surface area (Å²) in [6.45, 7) is 6.95. The summed E-state index contributed by atoms with van der Waals surface area (Å²) in [5.41, 5.74) is 1.28. The SMILES string of the molecule is CCNC(=NCC(=O)Nc1cccc(F)c1)NCc1cc(C(C)C)no1.I. The number of nitrogens with one attached hydrogen (secondary N) is 3. The zero-order valence-corrected chi connectivity index (χ0v) is 17.9. The quantitative estimate of drug-likeness (QED) is 0.316. The molecule has 0 aliphatic heterocycles. The van der Waals surface area contributed by atoms with Gasteiger partial charge in [-0.25, -0.2) is 9.38 Å². The molecule has 2 rings (SSSR count). The number of rotatable bonds is 7. The summed E-state index contributed by atoms with van der Waals surface area (Å²) in [5, 5.41) is 12.7. The Morgan fingerprint density at radius 3 is 2.70 bits per heavy atom. The third kappa shape index (κ3) is 7.94. The number of hydrogen-bond donors (Lipinski definition) is 3. The molecule has 0 aliphatic carbocycles. The average Bonchev–Trinajstić information content (AvgIpc) is 3.07. The molecular weight excluding hydrogens is 464 g/mol. The largest absolute Gasteiger partial charge is 0.359 e. The third-order valence-corrected chi connectivity index (χ3v) is 3.43. The second-order valence-electron chi connectivity index (χ2n) is 5.98. The minimum atomic E-state index is -0.408. The number of carbonyl (C=O) groups excluding carboxylic acids is 1. The van der Waals surface area contributed by atoms with Crippen molar-refractivity contribution in [3.8, 4) is 0 Å². The van der Waals surface area contributed by atoms with Crippen LogP contribution < -0.4 is 16.0 Å². The number of benzene rings is 1. The maximum Gasteiger partial charge on any atom is 0.246 e. The highest BCUT2D eigenvalue weighted by Gasteiger charge is 2.09. The molecule has 0 spiro atoms. The van der Waals surface area contributed by atoms with Gasteiger partial charge in [0.05, 0.1) is 12.2 Å². The molecule has 1 aromatic carbocycles. The fourth-order valence-corrected chi connectivity index (χ4v) is 2.11. The molecule has 0 fully saturated rings. The standard InChI is InChI=1S/C18H24FN5O2.HI/c1-4-20-18(21-10-15-9-16(12(2)3)24-26-15)22-11-17(25)23-14-7-5-6-13(19)8-14;/h5-9,12H,4,10-11H2,1-3H3,(H,23,25)(H2,20,21,22);1H. The molecule has 0 atom stereocenters. The Morgan fingerprint density at radius 2 is 2.07 bits per heavy atom. The van der Waals surface area contributed by atoms with Crippen molar-refractivity contribution in [3.05, 3.63) is 47.6 Å². The Kier molecular flexibility index (Phi) is 9.76. The van der Waals surface area contributed by atoms with Crippen molar-refractivity contribution in [2.24, 2.45) is 4.99 Å². The van der Waals surface area contributed by atoms with Gasteiger partial charge in [0.1, 0.15) is 12.4 Å². The van der Waals surface area contributed by atoms with Crippen LogP contribution in [0.15, 0.2) is 39.8 Å². The molecule has 3 N–H and O–H groups in total. The van der Waals surface area contributed by atoms with E-state index >= 15 is 0 Å². The molecule has 0 saturated heterocycles. The summed E-state index contributed by atoms with van der Waals surface area (Å²) in [6.07, 6.45) is 0. The van der Waals surface area contributed by atoms with E-state index in [4.69, 9.17) is 4.52 Å². The number of nitrogens with zero attached hydrogens (tertiary/aromatic N) is 2. The molecule has 1 amide bonds. The first-order chi connectivity index (χ1) is 12.5. The van der Waals surface area contributed by atoms with E-state index in [2.05, 4.69) is 26.1 Å². The molecular formula is C18H25FIN5O2. The van der Waals surface area contributed by atoms with Crippen LogP contribution in [0.5, 0.6) is 0 Å². The van der Waals surface area contributed by atoms with Crippen LogP contribution in [0, 0.1) is 5.82 Å². The summed E-state index contributed by atoms with van der Waals surface area (Å²) in [5.74, 6) is 0.706. The van der Waals surface area contributed by atoms with Gasteiger partial charge in [-0.15, -0.1) is 24.0 Å². The lowest BCUT2D eigenvalue weighted by Crippen LogP contribution is -2.37. The first-order valence-electron chi connectivity index (χ1n) is 8.51. The van der Waals surface area contributed by atoms with Crippen molar-refractivity contribution in [1.82, 2.24) is 15.8 Å². The second-order valence-corrected chi connectivity index (χ2v) is 5.98. The van der Waals surface area contributed by atoms with E-state index < -0.39 is 5.82 Å². The van der Waals surface area contributed by atoms with Gasteiger partial charge in [-0.2, -0.15) is 0 Å². The molecule has 0 radical (unpaired) electrons. The lowest BCUT2D eigenvalue weighted by molar-refractivity contribution is -0.114. The van der Waals surface area contributed by atoms with Crippen LogP contribution in [-0.4, -0.2) is 30.1 Å². The monoisotopic (exact) mass is 489 g/mol. The number of amides is 1. The molecule has 148 valence electrons. The molecule has 0 aliphatic rings. The third-order valence-electron chi connectivity index (χ3n) is 3.43. The van der Waals surface area contributed by atoms with Crippen molar-refractivity contribution in [2.75, 3.05) is 18.4 Å². The van der Waals surface area contributed by atoms with Gasteiger partial charge < -0.3 is 20.5 Å². The zero-order chi connectivity index (χ0) is 18.9. The highest BCUT2D eigenvalue weighted by atomic mass is 127. The molecule has 1 aromatic heterocycles. The van der Waals surface area contributed by atoms with Crippen LogP contribution in [0.3, 0.4) is 0 Å². The smallest absolute Gasteiger partial charge is 0.246 e. The minimum Gasteiger partial charge on any atom is -0.359 e. The first kappa shape index (κ1) is 22.9. The number of anilines is 1. The molecule has 0 bridgehead atoms. The maximum absolute atomic E-state index is 13.1. The fraction of sp³-hybridized carbons (Fsp3) is 0.389. The van der Waals surface area contributed by atoms with Gasteiger partial charge in [0, 0.05) is 18.3 Å². The first-order valence-corrected chi connectivity index (χ1v) is 8.51. The van der Waals surface area contributed by atoms with Gasteiger partial charge in [-0.05, 0) is 31.0 Å². The number of carbonyl (C=O) groups is 1. The van der Waals surface area contributed by atoms with E-state index in [0.29, 0.717) is 36.4 Å². The lowest BCUT2D eigenvalue weighted by atomic mass is 10.1. The van der Waals surface area contributed by atoms with Gasteiger partial charge in [0.25, 0.3) is 0 Å². The van der Waals surface area contributed by atoms with Gasteiger partial charge in [0.15, 0.2) is 11.7 Å². The number of guanidine groups is 1. The van der Waals surface area contributed by atoms with Crippen LogP contribution >= 0.6 is 24.0 Å². The lowest BCUT2D eigenvalue weighted by Gasteiger charge is -2.10. The van der Waals surface area contributed by atoms with Gasteiger partial charge in [0.2, 0.25) is 5.91 Å². The summed E-state index contributed by atoms with van der Waals surface area (Å²) in [6, 6.07) is 7.60. The van der Waals surface area contributed by atoms with E-state index in [1.54, 1.807) is 6.07 Å². The van der Waals surface area contributed by atoms with Crippen molar-refractivity contribution in [2.45, 2.75) is 33.2 Å². The Balaban J connectivity index is 0.00000364. The number of halogens is 2. The van der Waals surface area contributed by atoms with Crippen molar-refractivity contribution >= 4 is 41.5 Å². The van der Waals surface area contributed by atoms with Crippen LogP contribution in [0.1, 0.15) is 38.1 Å². The van der Waals surface area contributed by atoms with E-state index in [-0.39, 0.29) is 36.4 Å². The van der Waals surface area contributed by atoms with E-state index in [1.807, 2.05) is 26.8 Å². The summed E-state index contributed by atoms with van der Waals surface area (Å²) >= 11 is 0. The molecule has 2 aromatic rings. The van der Waals surface area contributed by atoms with Crippen molar-refractivity contribution in [3.63, 3.8) is 0 Å². The van der Waals surface area contributed by atoms with Gasteiger partial charge in [-0.1, -0.05) is 25.1 Å². The molecule has 7 nitrogen and oxygen atoms in total. The van der Waals surface area contributed by atoms with Crippen LogP contribution in [0.25, 0.3) is 0 Å². The summed E-state index contributed by atoms with van der Waals surface area (Å²) in [4.78, 5) is 16.2. The molecule has 1 heterocycles. The Hall–Kier alpha value is -2.17. The zero-order valence-electron chi connectivity index (χ0n) is 15.6. The number of hydrogen-bond acceptors (Lipinski definition) is 4. The Labute approximate surface area is 175 Å². The van der Waals surface area contributed by atoms with Crippen LogP contribution in [0.2, 0.25) is 0 Å². The highest BCUT2D eigenvalue weighted by molar-refractivity contribution is 14.0. The molecule has 27 heavy (non-hydrogen) atoms. The number of aromatic nitrogens is 1. The summed E-state index contributed by atoms with van der Waals surface area (Å²) < 4.78 is 18.4. The molecule has 0 saturated carbocycles. The number of aliphatic imine (C=N–C) groups is 1. The van der Waals surface area contributed by atoms with Crippen LogP contribution in [-0.2, 0) is 11.3 Å². The molecule has 0 unspecified atom stereocenters. The normalized spacial score (nSPS) is 11.1. The van der Waals surface area contributed by atoms with E-state index in [1.165, 1.54) is 18.2 Å². The summed E-state index contributed by atoms with van der Waals surface area (Å²) in [7, 11) is 0. The fourth-order valence-electron chi connectivity index (χ4n) is 2.11. The minimum absolute atomic E-state index is 0. The van der Waals surface area contributed by atoms with Gasteiger partial charge >= 0.3 is 0 Å². The average molecular weight is 489 g/mol. The van der Waals surface area contributed by atoms with Gasteiger partial charge in [-0.3, -0.25) is 4.79 Å². The van der Waals surface area contributed by atoms with E-state index in [9.17, 15) is 9.18 Å². The van der Waals surface area contributed by atoms with Crippen molar-refractivity contribution < 1.29 is 13.7 Å².